The van der Waals surface area contributed by atoms with Crippen LogP contribution in [0.15, 0.2) is 73.3 Å². The Kier molecular flexibility index (Phi) is 6.79. The number of piperidine rings is 1. The molecule has 36 heavy (non-hydrogen) atoms. The highest BCUT2D eigenvalue weighted by Gasteiger charge is 2.18. The molecule has 0 spiro atoms. The SMILES string of the molecule is Cc1cn(-c2cc(CN3CCCC(N)C3)cc(NC(=O)c3cc(-c4ccc(O)cc4)ccn3)c2)cn1. The number of carbonyl (C=O) groups is 1. The first-order valence-corrected chi connectivity index (χ1v) is 12.1. The monoisotopic (exact) mass is 482 g/mol. The molecule has 0 radical (unpaired) electrons. The molecule has 0 aliphatic carbocycles. The van der Waals surface area contributed by atoms with E-state index < -0.39 is 0 Å². The number of rotatable bonds is 6. The largest absolute Gasteiger partial charge is 0.508 e. The average molecular weight is 483 g/mol. The standard InChI is InChI=1S/C28H30N6O2/c1-19-15-34(18-31-19)25-12-20(16-33-10-2-3-23(29)17-33)11-24(14-25)32-28(36)27-13-22(8-9-30-27)21-4-6-26(35)7-5-21/h4-9,11-15,18,23,35H,2-3,10,16-17,29H2,1H3,(H,32,36). The molecule has 0 saturated carbocycles. The van der Waals surface area contributed by atoms with E-state index in [0.29, 0.717) is 11.4 Å². The Bertz CT molecular complexity index is 1360. The highest BCUT2D eigenvalue weighted by Crippen LogP contribution is 2.24. The number of likely N-dealkylation sites (tertiary alicyclic amines) is 1. The van der Waals surface area contributed by atoms with Gasteiger partial charge in [-0.15, -0.1) is 0 Å². The summed E-state index contributed by atoms with van der Waals surface area (Å²) in [5.74, 6) is -0.0957. The number of benzene rings is 2. The second-order valence-corrected chi connectivity index (χ2v) is 9.38. The van der Waals surface area contributed by atoms with Gasteiger partial charge in [-0.3, -0.25) is 14.7 Å². The number of aromatic nitrogens is 3. The van der Waals surface area contributed by atoms with Crippen LogP contribution in [-0.2, 0) is 6.54 Å². The summed E-state index contributed by atoms with van der Waals surface area (Å²) in [7, 11) is 0. The number of nitrogens with two attached hydrogens (primary N) is 1. The zero-order valence-electron chi connectivity index (χ0n) is 20.3. The lowest BCUT2D eigenvalue weighted by molar-refractivity contribution is 0.102. The normalized spacial score (nSPS) is 16.1. The third-order valence-electron chi connectivity index (χ3n) is 6.39. The molecule has 0 bridgehead atoms. The third kappa shape index (κ3) is 5.62. The Balaban J connectivity index is 1.41. The summed E-state index contributed by atoms with van der Waals surface area (Å²) in [6.07, 6.45) is 7.51. The number of aryl methyl sites for hydroxylation is 1. The van der Waals surface area contributed by atoms with Crippen LogP contribution in [0.1, 0.15) is 34.6 Å². The maximum atomic E-state index is 13.2. The number of aromatic hydroxyl groups is 1. The fourth-order valence-corrected chi connectivity index (χ4v) is 4.63. The van der Waals surface area contributed by atoms with Crippen LogP contribution >= 0.6 is 0 Å². The molecule has 8 nitrogen and oxygen atoms in total. The number of amides is 1. The molecule has 1 unspecified atom stereocenters. The molecule has 1 atom stereocenters. The van der Waals surface area contributed by atoms with Gasteiger partial charge in [0.25, 0.3) is 5.91 Å². The molecule has 4 aromatic rings. The number of hydrogen-bond acceptors (Lipinski definition) is 6. The number of carbonyl (C=O) groups excluding carboxylic acids is 1. The molecule has 8 heteroatoms. The lowest BCUT2D eigenvalue weighted by atomic mass is 10.0. The second-order valence-electron chi connectivity index (χ2n) is 9.38. The maximum absolute atomic E-state index is 13.2. The van der Waals surface area contributed by atoms with Gasteiger partial charge in [-0.05, 0) is 85.5 Å². The van der Waals surface area contributed by atoms with Gasteiger partial charge in [0.15, 0.2) is 0 Å². The van der Waals surface area contributed by atoms with Crippen LogP contribution in [0.3, 0.4) is 0 Å². The molecular weight excluding hydrogens is 452 g/mol. The Hall–Kier alpha value is -4.01. The number of imidazole rings is 1. The number of anilines is 1. The topological polar surface area (TPSA) is 109 Å². The van der Waals surface area contributed by atoms with Crippen molar-refractivity contribution < 1.29 is 9.90 Å². The molecular formula is C28H30N6O2. The van der Waals surface area contributed by atoms with E-state index in [4.69, 9.17) is 5.73 Å². The van der Waals surface area contributed by atoms with Gasteiger partial charge in [-0.2, -0.15) is 0 Å². The molecule has 2 aromatic heterocycles. The summed E-state index contributed by atoms with van der Waals surface area (Å²) in [4.78, 5) is 24.2. The van der Waals surface area contributed by atoms with E-state index >= 15 is 0 Å². The second kappa shape index (κ2) is 10.3. The molecule has 1 aliphatic rings. The molecule has 5 rings (SSSR count). The van der Waals surface area contributed by atoms with E-state index in [1.54, 1.807) is 30.7 Å². The predicted molar refractivity (Wildman–Crippen MR) is 140 cm³/mol. The third-order valence-corrected chi connectivity index (χ3v) is 6.39. The minimum Gasteiger partial charge on any atom is -0.508 e. The minimum absolute atomic E-state index is 0.195. The lowest BCUT2D eigenvalue weighted by Gasteiger charge is -2.30. The molecule has 1 amide bonds. The van der Waals surface area contributed by atoms with Gasteiger partial charge in [0.2, 0.25) is 0 Å². The highest BCUT2D eigenvalue weighted by molar-refractivity contribution is 6.03. The van der Waals surface area contributed by atoms with E-state index in [2.05, 4.69) is 26.3 Å². The van der Waals surface area contributed by atoms with Gasteiger partial charge in [-0.1, -0.05) is 12.1 Å². The molecule has 1 saturated heterocycles. The Morgan fingerprint density at radius 2 is 1.94 bits per heavy atom. The van der Waals surface area contributed by atoms with Gasteiger partial charge in [0.1, 0.15) is 11.4 Å². The van der Waals surface area contributed by atoms with Crippen molar-refractivity contribution >= 4 is 11.6 Å². The molecule has 1 aliphatic heterocycles. The highest BCUT2D eigenvalue weighted by atomic mass is 16.3. The average Bonchev–Trinajstić information content (AvgIpc) is 3.31. The number of hydrogen-bond donors (Lipinski definition) is 3. The van der Waals surface area contributed by atoms with Crippen molar-refractivity contribution in [2.45, 2.75) is 32.4 Å². The van der Waals surface area contributed by atoms with Crippen molar-refractivity contribution in [3.63, 3.8) is 0 Å². The molecule has 1 fully saturated rings. The van der Waals surface area contributed by atoms with Crippen LogP contribution in [0, 0.1) is 6.92 Å². The van der Waals surface area contributed by atoms with Gasteiger partial charge in [0.05, 0.1) is 12.0 Å². The number of pyridine rings is 1. The van der Waals surface area contributed by atoms with E-state index in [0.717, 1.165) is 60.5 Å². The van der Waals surface area contributed by atoms with Crippen molar-refractivity contribution in [1.82, 2.24) is 19.4 Å². The quantitative estimate of drug-likeness (QED) is 0.381. The van der Waals surface area contributed by atoms with Crippen molar-refractivity contribution in [1.29, 1.82) is 0 Å². The Labute approximate surface area is 210 Å². The first-order valence-electron chi connectivity index (χ1n) is 12.1. The molecule has 3 heterocycles. The number of phenols is 1. The fourth-order valence-electron chi connectivity index (χ4n) is 4.63. The van der Waals surface area contributed by atoms with Crippen molar-refractivity contribution in [3.05, 3.63) is 90.3 Å². The van der Waals surface area contributed by atoms with Gasteiger partial charge >= 0.3 is 0 Å². The summed E-state index contributed by atoms with van der Waals surface area (Å²) in [6, 6.07) is 16.7. The van der Waals surface area contributed by atoms with Crippen LogP contribution in [0.5, 0.6) is 5.75 Å². The zero-order valence-corrected chi connectivity index (χ0v) is 20.3. The van der Waals surface area contributed by atoms with E-state index in [-0.39, 0.29) is 17.7 Å². The zero-order chi connectivity index (χ0) is 25.1. The van der Waals surface area contributed by atoms with Crippen molar-refractivity contribution in [2.24, 2.45) is 5.73 Å². The van der Waals surface area contributed by atoms with Gasteiger partial charge in [0, 0.05) is 42.9 Å². The number of nitrogens with zero attached hydrogens (tertiary/aromatic N) is 4. The first-order chi connectivity index (χ1) is 17.4. The molecule has 4 N–H and O–H groups in total. The summed E-state index contributed by atoms with van der Waals surface area (Å²) in [5, 5.41) is 12.6. The van der Waals surface area contributed by atoms with E-state index in [1.165, 1.54) is 0 Å². The van der Waals surface area contributed by atoms with Crippen molar-refractivity contribution in [2.75, 3.05) is 18.4 Å². The summed E-state index contributed by atoms with van der Waals surface area (Å²) < 4.78 is 1.96. The number of nitrogens with one attached hydrogen (secondary N) is 1. The summed E-state index contributed by atoms with van der Waals surface area (Å²) in [5.41, 5.74) is 11.9. The van der Waals surface area contributed by atoms with Gasteiger partial charge < -0.3 is 20.7 Å². The Morgan fingerprint density at radius 3 is 2.69 bits per heavy atom. The van der Waals surface area contributed by atoms with Crippen molar-refractivity contribution in [3.8, 4) is 22.6 Å². The number of phenolic OH excluding ortho intramolecular Hbond substituents is 1. The Morgan fingerprint density at radius 1 is 1.11 bits per heavy atom. The molecule has 2 aromatic carbocycles. The maximum Gasteiger partial charge on any atom is 0.274 e. The van der Waals surface area contributed by atoms with Gasteiger partial charge in [-0.25, -0.2) is 4.98 Å². The fraction of sp³-hybridized carbons (Fsp3) is 0.250. The van der Waals surface area contributed by atoms with E-state index in [9.17, 15) is 9.90 Å². The van der Waals surface area contributed by atoms with E-state index in [1.807, 2.05) is 48.0 Å². The smallest absolute Gasteiger partial charge is 0.274 e. The summed E-state index contributed by atoms with van der Waals surface area (Å²) in [6.45, 7) is 4.58. The minimum atomic E-state index is -0.291. The first kappa shape index (κ1) is 23.7. The summed E-state index contributed by atoms with van der Waals surface area (Å²) >= 11 is 0. The van der Waals surface area contributed by atoms with Crippen LogP contribution in [0.4, 0.5) is 5.69 Å². The lowest BCUT2D eigenvalue weighted by Crippen LogP contribution is -2.42. The van der Waals surface area contributed by atoms with Crippen LogP contribution in [0.25, 0.3) is 16.8 Å². The predicted octanol–water partition coefficient (Wildman–Crippen LogP) is 4.12. The van der Waals surface area contributed by atoms with Crippen LogP contribution in [-0.4, -0.2) is 49.6 Å². The van der Waals surface area contributed by atoms with Crippen LogP contribution < -0.4 is 11.1 Å². The van der Waals surface area contributed by atoms with Crippen LogP contribution in [0.2, 0.25) is 0 Å². The molecule has 184 valence electrons.